The van der Waals surface area contributed by atoms with Gasteiger partial charge in [-0.05, 0) is 31.1 Å². The molecule has 4 atom stereocenters. The van der Waals surface area contributed by atoms with Gasteiger partial charge >= 0.3 is 0 Å². The Bertz CT molecular complexity index is 106. The zero-order valence-corrected chi connectivity index (χ0v) is 5.59. The van der Waals surface area contributed by atoms with Crippen molar-refractivity contribution in [1.82, 2.24) is 0 Å². The van der Waals surface area contributed by atoms with E-state index in [1.54, 1.807) is 0 Å². The molecular formula is C7H14N2. The molecule has 2 heteroatoms. The molecule has 2 aliphatic carbocycles. The second kappa shape index (κ2) is 1.70. The van der Waals surface area contributed by atoms with Crippen molar-refractivity contribution in [2.45, 2.75) is 31.3 Å². The van der Waals surface area contributed by atoms with E-state index in [1.165, 1.54) is 19.3 Å². The first kappa shape index (κ1) is 5.69. The molecule has 4 N–H and O–H groups in total. The van der Waals surface area contributed by atoms with Crippen LogP contribution in [-0.4, -0.2) is 12.1 Å². The maximum Gasteiger partial charge on any atom is 0.00710 e. The second-order valence-electron chi connectivity index (χ2n) is 3.55. The molecule has 52 valence electrons. The molecule has 0 heterocycles. The van der Waals surface area contributed by atoms with E-state index in [1.807, 2.05) is 0 Å². The van der Waals surface area contributed by atoms with E-state index >= 15 is 0 Å². The predicted octanol–water partition coefficient (Wildman–Crippen LogP) is 0.0709. The van der Waals surface area contributed by atoms with Crippen LogP contribution < -0.4 is 11.5 Å². The van der Waals surface area contributed by atoms with Crippen molar-refractivity contribution < 1.29 is 0 Å². The summed E-state index contributed by atoms with van der Waals surface area (Å²) in [5.74, 6) is 1.54. The smallest absolute Gasteiger partial charge is 0.00710 e. The Morgan fingerprint density at radius 2 is 1.22 bits per heavy atom. The molecule has 2 bridgehead atoms. The molecule has 0 aromatic rings. The van der Waals surface area contributed by atoms with Gasteiger partial charge in [0.05, 0.1) is 0 Å². The largest absolute Gasteiger partial charge is 0.327 e. The van der Waals surface area contributed by atoms with Crippen LogP contribution in [0.4, 0.5) is 0 Å². The standard InChI is InChI=1S/C7H14N2/c8-6-2-4-1-5(6)3-7(4)9/h4-7H,1-3,8-9H2/t4-,5-,6+,7+/m1/s1. The number of hydrogen-bond acceptors (Lipinski definition) is 2. The Kier molecular flexibility index (Phi) is 1.08. The van der Waals surface area contributed by atoms with Gasteiger partial charge in [0.15, 0.2) is 0 Å². The fraction of sp³-hybridized carbons (Fsp3) is 1.00. The van der Waals surface area contributed by atoms with Gasteiger partial charge in [-0.1, -0.05) is 0 Å². The highest BCUT2D eigenvalue weighted by atomic mass is 14.8. The summed E-state index contributed by atoms with van der Waals surface area (Å²) in [6, 6.07) is 0.963. The number of rotatable bonds is 0. The van der Waals surface area contributed by atoms with Gasteiger partial charge in [0.2, 0.25) is 0 Å². The average molecular weight is 126 g/mol. The molecular weight excluding hydrogens is 112 g/mol. The van der Waals surface area contributed by atoms with Crippen LogP contribution in [0.2, 0.25) is 0 Å². The van der Waals surface area contributed by atoms with Gasteiger partial charge < -0.3 is 11.5 Å². The van der Waals surface area contributed by atoms with E-state index in [0.29, 0.717) is 12.1 Å². The molecule has 0 saturated heterocycles. The Labute approximate surface area is 55.6 Å². The first-order chi connectivity index (χ1) is 4.27. The van der Waals surface area contributed by atoms with Gasteiger partial charge in [0.25, 0.3) is 0 Å². The SMILES string of the molecule is N[C@H]1C[C@H]2C[C@@H]1C[C@@H]2N. The topological polar surface area (TPSA) is 52.0 Å². The molecule has 2 rings (SSSR count). The van der Waals surface area contributed by atoms with E-state index in [-0.39, 0.29) is 0 Å². The van der Waals surface area contributed by atoms with Gasteiger partial charge in [0, 0.05) is 12.1 Å². The van der Waals surface area contributed by atoms with Crippen molar-refractivity contribution in [3.8, 4) is 0 Å². The monoisotopic (exact) mass is 126 g/mol. The third-order valence-corrected chi connectivity index (χ3v) is 2.97. The zero-order valence-electron chi connectivity index (χ0n) is 5.59. The Morgan fingerprint density at radius 1 is 0.778 bits per heavy atom. The second-order valence-corrected chi connectivity index (χ2v) is 3.55. The summed E-state index contributed by atoms with van der Waals surface area (Å²) in [6.45, 7) is 0. The summed E-state index contributed by atoms with van der Waals surface area (Å²) in [7, 11) is 0. The summed E-state index contributed by atoms with van der Waals surface area (Å²) in [6.07, 6.45) is 3.68. The lowest BCUT2D eigenvalue weighted by Gasteiger charge is -2.21. The summed E-state index contributed by atoms with van der Waals surface area (Å²) in [5, 5.41) is 0. The average Bonchev–Trinajstić information content (AvgIpc) is 2.24. The van der Waals surface area contributed by atoms with Gasteiger partial charge in [-0.25, -0.2) is 0 Å². The van der Waals surface area contributed by atoms with E-state index in [4.69, 9.17) is 11.5 Å². The fourth-order valence-electron chi connectivity index (χ4n) is 2.36. The van der Waals surface area contributed by atoms with Crippen LogP contribution in [0.3, 0.4) is 0 Å². The van der Waals surface area contributed by atoms with Crippen molar-refractivity contribution in [3.05, 3.63) is 0 Å². The lowest BCUT2D eigenvalue weighted by Crippen LogP contribution is -2.35. The molecule has 0 unspecified atom stereocenters. The maximum absolute atomic E-state index is 5.83. The van der Waals surface area contributed by atoms with Crippen molar-refractivity contribution in [3.63, 3.8) is 0 Å². The first-order valence-corrected chi connectivity index (χ1v) is 3.78. The van der Waals surface area contributed by atoms with Gasteiger partial charge in [0.1, 0.15) is 0 Å². The van der Waals surface area contributed by atoms with Crippen LogP contribution in [-0.2, 0) is 0 Å². The molecule has 0 amide bonds. The number of hydrogen-bond donors (Lipinski definition) is 2. The molecule has 0 aliphatic heterocycles. The van der Waals surface area contributed by atoms with Crippen molar-refractivity contribution in [2.24, 2.45) is 23.3 Å². The molecule has 2 fully saturated rings. The van der Waals surface area contributed by atoms with E-state index in [9.17, 15) is 0 Å². The minimum absolute atomic E-state index is 0.481. The quantitative estimate of drug-likeness (QED) is 0.482. The van der Waals surface area contributed by atoms with Crippen molar-refractivity contribution in [2.75, 3.05) is 0 Å². The van der Waals surface area contributed by atoms with Crippen LogP contribution in [0.1, 0.15) is 19.3 Å². The Hall–Kier alpha value is -0.0800. The normalized spacial score (nSPS) is 56.7. The molecule has 0 spiro atoms. The van der Waals surface area contributed by atoms with Gasteiger partial charge in [-0.3, -0.25) is 0 Å². The molecule has 0 radical (unpaired) electrons. The van der Waals surface area contributed by atoms with Crippen molar-refractivity contribution >= 4 is 0 Å². The number of nitrogens with two attached hydrogens (primary N) is 2. The third kappa shape index (κ3) is 0.700. The molecule has 2 aliphatic rings. The minimum Gasteiger partial charge on any atom is -0.327 e. The first-order valence-electron chi connectivity index (χ1n) is 3.78. The van der Waals surface area contributed by atoms with E-state index in [0.717, 1.165) is 11.8 Å². The van der Waals surface area contributed by atoms with Crippen molar-refractivity contribution in [1.29, 1.82) is 0 Å². The summed E-state index contributed by atoms with van der Waals surface area (Å²) >= 11 is 0. The van der Waals surface area contributed by atoms with Crippen LogP contribution in [0.25, 0.3) is 0 Å². The minimum atomic E-state index is 0.481. The van der Waals surface area contributed by atoms with Gasteiger partial charge in [-0.2, -0.15) is 0 Å². The Morgan fingerprint density at radius 3 is 1.44 bits per heavy atom. The Balaban J connectivity index is 2.10. The molecule has 2 nitrogen and oxygen atoms in total. The lowest BCUT2D eigenvalue weighted by atomic mass is 9.93. The number of fused-ring (bicyclic) bond motifs is 2. The van der Waals surface area contributed by atoms with Gasteiger partial charge in [-0.15, -0.1) is 0 Å². The summed E-state index contributed by atoms with van der Waals surface area (Å²) in [4.78, 5) is 0. The highest BCUT2D eigenvalue weighted by molar-refractivity contribution is 4.98. The fourth-order valence-corrected chi connectivity index (χ4v) is 2.36. The van der Waals surface area contributed by atoms with Crippen LogP contribution in [0.15, 0.2) is 0 Å². The van der Waals surface area contributed by atoms with Crippen LogP contribution in [0, 0.1) is 11.8 Å². The highest BCUT2D eigenvalue weighted by Gasteiger charge is 2.42. The summed E-state index contributed by atoms with van der Waals surface area (Å²) in [5.41, 5.74) is 11.7. The molecule has 9 heavy (non-hydrogen) atoms. The predicted molar refractivity (Wildman–Crippen MR) is 36.8 cm³/mol. The third-order valence-electron chi connectivity index (χ3n) is 2.97. The summed E-state index contributed by atoms with van der Waals surface area (Å²) < 4.78 is 0. The van der Waals surface area contributed by atoms with E-state index < -0.39 is 0 Å². The molecule has 0 aromatic heterocycles. The zero-order chi connectivity index (χ0) is 6.43. The lowest BCUT2D eigenvalue weighted by molar-refractivity contribution is 0.375. The maximum atomic E-state index is 5.83. The molecule has 2 saturated carbocycles. The highest BCUT2D eigenvalue weighted by Crippen LogP contribution is 2.42. The molecule has 0 aromatic carbocycles. The van der Waals surface area contributed by atoms with E-state index in [2.05, 4.69) is 0 Å². The van der Waals surface area contributed by atoms with Crippen LogP contribution in [0.5, 0.6) is 0 Å². The van der Waals surface area contributed by atoms with Crippen LogP contribution >= 0.6 is 0 Å².